The van der Waals surface area contributed by atoms with Crippen molar-refractivity contribution >= 4 is 0 Å². The second-order valence-corrected chi connectivity index (χ2v) is 7.17. The van der Waals surface area contributed by atoms with Crippen molar-refractivity contribution in [1.29, 1.82) is 0 Å². The molecule has 0 aliphatic heterocycles. The predicted octanol–water partition coefficient (Wildman–Crippen LogP) is 5.11. The van der Waals surface area contributed by atoms with Crippen LogP contribution < -0.4 is 0 Å². The highest BCUT2D eigenvalue weighted by Gasteiger charge is 2.19. The average molecular weight is 352 g/mol. The third-order valence-electron chi connectivity index (χ3n) is 4.61. The van der Waals surface area contributed by atoms with Crippen LogP contribution in [0.5, 0.6) is 17.2 Å². The summed E-state index contributed by atoms with van der Waals surface area (Å²) in [6.07, 6.45) is 1.71. The van der Waals surface area contributed by atoms with Crippen LogP contribution in [0.2, 0.25) is 0 Å². The zero-order chi connectivity index (χ0) is 19.0. The van der Waals surface area contributed by atoms with Crippen molar-refractivity contribution in [2.75, 3.05) is 0 Å². The van der Waals surface area contributed by atoms with Crippen LogP contribution in [0.3, 0.4) is 0 Å². The Morgan fingerprint density at radius 3 is 2.00 bits per heavy atom. The third kappa shape index (κ3) is 3.12. The molecule has 0 aliphatic rings. The molecule has 0 unspecified atom stereocenters. The molecule has 0 saturated carbocycles. The molecule has 0 amide bonds. The van der Waals surface area contributed by atoms with Gasteiger partial charge in [-0.3, -0.25) is 5.10 Å². The minimum atomic E-state index is -0.0255. The summed E-state index contributed by atoms with van der Waals surface area (Å²) in [5.74, 6) is 0.662. The summed E-state index contributed by atoms with van der Waals surface area (Å²) in [5.41, 5.74) is 4.74. The van der Waals surface area contributed by atoms with Crippen molar-refractivity contribution in [3.63, 3.8) is 0 Å². The number of nitrogens with one attached hydrogen (secondary N) is 1. The van der Waals surface area contributed by atoms with Crippen LogP contribution in [0.1, 0.15) is 50.7 Å². The summed E-state index contributed by atoms with van der Waals surface area (Å²) in [6.45, 7) is 8.19. The maximum Gasteiger partial charge on any atom is 0.128 e. The van der Waals surface area contributed by atoms with E-state index in [2.05, 4.69) is 10.2 Å². The monoisotopic (exact) mass is 352 g/mol. The molecule has 4 N–H and O–H groups in total. The molecule has 0 radical (unpaired) electrons. The molecule has 1 aromatic heterocycles. The van der Waals surface area contributed by atoms with E-state index in [0.717, 1.165) is 22.3 Å². The Hall–Kier alpha value is -2.95. The number of hydrogen-bond acceptors (Lipinski definition) is 4. The summed E-state index contributed by atoms with van der Waals surface area (Å²) >= 11 is 0. The molecule has 0 bridgehead atoms. The molecule has 0 aliphatic carbocycles. The molecule has 0 saturated heterocycles. The zero-order valence-corrected chi connectivity index (χ0v) is 15.4. The van der Waals surface area contributed by atoms with Gasteiger partial charge < -0.3 is 15.3 Å². The van der Waals surface area contributed by atoms with Crippen LogP contribution in [0, 0.1) is 0 Å². The molecule has 0 fully saturated rings. The summed E-state index contributed by atoms with van der Waals surface area (Å²) in [5, 5.41) is 37.5. The SMILES string of the molecule is CC(C)c1cc(-c2cn[nH]c2-c2ccc(O)cc2O)cc(C(C)C)c1O. The quantitative estimate of drug-likeness (QED) is 0.525. The van der Waals surface area contributed by atoms with Gasteiger partial charge >= 0.3 is 0 Å². The van der Waals surface area contributed by atoms with E-state index >= 15 is 0 Å². The summed E-state index contributed by atoms with van der Waals surface area (Å²) in [4.78, 5) is 0. The zero-order valence-electron chi connectivity index (χ0n) is 15.4. The number of H-pyrrole nitrogens is 1. The number of phenolic OH excluding ortho intramolecular Hbond substituents is 3. The van der Waals surface area contributed by atoms with Gasteiger partial charge in [0.1, 0.15) is 17.2 Å². The average Bonchev–Trinajstić information content (AvgIpc) is 3.03. The number of phenols is 3. The van der Waals surface area contributed by atoms with Crippen LogP contribution in [0.25, 0.3) is 22.4 Å². The number of benzene rings is 2. The van der Waals surface area contributed by atoms with E-state index in [4.69, 9.17) is 0 Å². The predicted molar refractivity (Wildman–Crippen MR) is 103 cm³/mol. The number of nitrogens with zero attached hydrogens (tertiary/aromatic N) is 1. The van der Waals surface area contributed by atoms with Crippen molar-refractivity contribution in [2.24, 2.45) is 0 Å². The van der Waals surface area contributed by atoms with Gasteiger partial charge in [0.05, 0.1) is 11.9 Å². The van der Waals surface area contributed by atoms with E-state index in [1.807, 2.05) is 39.8 Å². The molecule has 2 aromatic carbocycles. The van der Waals surface area contributed by atoms with E-state index in [-0.39, 0.29) is 23.3 Å². The van der Waals surface area contributed by atoms with Crippen LogP contribution in [0.4, 0.5) is 0 Å². The highest BCUT2D eigenvalue weighted by Crippen LogP contribution is 2.41. The molecule has 1 heterocycles. The Bertz CT molecular complexity index is 913. The highest BCUT2D eigenvalue weighted by molar-refractivity contribution is 5.84. The second kappa shape index (κ2) is 6.75. The number of aromatic amines is 1. The van der Waals surface area contributed by atoms with E-state index in [9.17, 15) is 15.3 Å². The smallest absolute Gasteiger partial charge is 0.128 e. The van der Waals surface area contributed by atoms with Gasteiger partial charge in [-0.2, -0.15) is 5.10 Å². The first-order valence-corrected chi connectivity index (χ1v) is 8.72. The van der Waals surface area contributed by atoms with Crippen molar-refractivity contribution in [2.45, 2.75) is 39.5 Å². The van der Waals surface area contributed by atoms with Gasteiger partial charge in [-0.1, -0.05) is 27.7 Å². The summed E-state index contributed by atoms with van der Waals surface area (Å²) in [6, 6.07) is 8.41. The van der Waals surface area contributed by atoms with Crippen molar-refractivity contribution < 1.29 is 15.3 Å². The molecular weight excluding hydrogens is 328 g/mol. The van der Waals surface area contributed by atoms with Crippen LogP contribution in [-0.2, 0) is 0 Å². The Labute approximate surface area is 153 Å². The fraction of sp³-hybridized carbons (Fsp3) is 0.286. The van der Waals surface area contributed by atoms with Gasteiger partial charge in [-0.05, 0) is 52.8 Å². The number of aromatic hydroxyl groups is 3. The number of rotatable bonds is 4. The van der Waals surface area contributed by atoms with Crippen LogP contribution >= 0.6 is 0 Å². The van der Waals surface area contributed by atoms with Gasteiger partial charge in [0, 0.05) is 17.2 Å². The minimum absolute atomic E-state index is 0.00105. The Morgan fingerprint density at radius 1 is 0.846 bits per heavy atom. The van der Waals surface area contributed by atoms with E-state index in [0.29, 0.717) is 17.0 Å². The van der Waals surface area contributed by atoms with Gasteiger partial charge in [0.25, 0.3) is 0 Å². The van der Waals surface area contributed by atoms with Gasteiger partial charge in [0.15, 0.2) is 0 Å². The van der Waals surface area contributed by atoms with E-state index < -0.39 is 0 Å². The molecule has 5 nitrogen and oxygen atoms in total. The lowest BCUT2D eigenvalue weighted by Crippen LogP contribution is -1.97. The fourth-order valence-electron chi connectivity index (χ4n) is 3.16. The first kappa shape index (κ1) is 17.9. The lowest BCUT2D eigenvalue weighted by Gasteiger charge is -2.18. The summed E-state index contributed by atoms with van der Waals surface area (Å²) in [7, 11) is 0. The molecule has 0 atom stereocenters. The first-order chi connectivity index (χ1) is 12.3. The molecule has 3 rings (SSSR count). The standard InChI is InChI=1S/C21H24N2O3/c1-11(2)16-7-13(8-17(12(3)4)21(16)26)18-10-22-23-20(18)15-6-5-14(24)9-19(15)25/h5-12,24-26H,1-4H3,(H,22,23). The summed E-state index contributed by atoms with van der Waals surface area (Å²) < 4.78 is 0. The van der Waals surface area contributed by atoms with E-state index in [1.54, 1.807) is 12.3 Å². The minimum Gasteiger partial charge on any atom is -0.508 e. The Balaban J connectivity index is 2.21. The molecule has 0 spiro atoms. The van der Waals surface area contributed by atoms with Gasteiger partial charge in [-0.25, -0.2) is 0 Å². The molecular formula is C21H24N2O3. The third-order valence-corrected chi connectivity index (χ3v) is 4.61. The fourth-order valence-corrected chi connectivity index (χ4v) is 3.16. The topological polar surface area (TPSA) is 89.4 Å². The van der Waals surface area contributed by atoms with Crippen molar-refractivity contribution in [1.82, 2.24) is 10.2 Å². The lowest BCUT2D eigenvalue weighted by molar-refractivity contribution is 0.451. The van der Waals surface area contributed by atoms with Gasteiger partial charge in [-0.15, -0.1) is 0 Å². The van der Waals surface area contributed by atoms with Crippen LogP contribution in [0.15, 0.2) is 36.5 Å². The highest BCUT2D eigenvalue weighted by atomic mass is 16.3. The molecule has 26 heavy (non-hydrogen) atoms. The van der Waals surface area contributed by atoms with Crippen molar-refractivity contribution in [3.05, 3.63) is 47.7 Å². The van der Waals surface area contributed by atoms with Crippen molar-refractivity contribution in [3.8, 4) is 39.6 Å². The Morgan fingerprint density at radius 2 is 1.46 bits per heavy atom. The van der Waals surface area contributed by atoms with Gasteiger partial charge in [0.2, 0.25) is 0 Å². The maximum atomic E-state index is 10.6. The Kier molecular flexibility index (Phi) is 4.64. The number of hydrogen-bond donors (Lipinski definition) is 4. The largest absolute Gasteiger partial charge is 0.508 e. The maximum absolute atomic E-state index is 10.6. The molecule has 136 valence electrons. The molecule has 3 aromatic rings. The second-order valence-electron chi connectivity index (χ2n) is 7.17. The normalized spacial score (nSPS) is 11.5. The molecule has 5 heteroatoms. The lowest BCUT2D eigenvalue weighted by atomic mass is 9.89. The first-order valence-electron chi connectivity index (χ1n) is 8.72. The van der Waals surface area contributed by atoms with Crippen LogP contribution in [-0.4, -0.2) is 25.5 Å². The number of aromatic nitrogens is 2. The van der Waals surface area contributed by atoms with E-state index in [1.165, 1.54) is 12.1 Å².